The molecule has 0 aromatic heterocycles. The molecule has 9 aromatic rings. The van der Waals surface area contributed by atoms with E-state index in [1.807, 2.05) is 0 Å². The van der Waals surface area contributed by atoms with Crippen molar-refractivity contribution in [3.05, 3.63) is 139 Å². The highest BCUT2D eigenvalue weighted by molar-refractivity contribution is 6.88. The summed E-state index contributed by atoms with van der Waals surface area (Å²) in [6, 6.07) is 46.4. The van der Waals surface area contributed by atoms with Gasteiger partial charge < -0.3 is 9.47 Å². The first-order valence-electron chi connectivity index (χ1n) is 16.1. The first kappa shape index (κ1) is 27.2. The molecular formula is C43H34O2Si. The predicted molar refractivity (Wildman–Crippen MR) is 198 cm³/mol. The summed E-state index contributed by atoms with van der Waals surface area (Å²) in [5.41, 5.74) is 2.36. The highest BCUT2D eigenvalue weighted by Crippen LogP contribution is 2.40. The van der Waals surface area contributed by atoms with E-state index in [9.17, 15) is 0 Å². The lowest BCUT2D eigenvalue weighted by Crippen LogP contribution is -2.38. The lowest BCUT2D eigenvalue weighted by Gasteiger charge is -2.21. The maximum absolute atomic E-state index is 6.63. The Balaban J connectivity index is 1.05. The smallest absolute Gasteiger partial charge is 0.127 e. The maximum atomic E-state index is 6.63. The van der Waals surface area contributed by atoms with E-state index in [0.717, 1.165) is 11.5 Å². The van der Waals surface area contributed by atoms with Crippen molar-refractivity contribution in [2.24, 2.45) is 0 Å². The lowest BCUT2D eigenvalue weighted by molar-refractivity contribution is 0.304. The van der Waals surface area contributed by atoms with E-state index in [4.69, 9.17) is 9.47 Å². The van der Waals surface area contributed by atoms with E-state index >= 15 is 0 Å². The average molecular weight is 611 g/mol. The standard InChI is InChI=1S/C43H34O2Si/c1-46(2,3)35-23-27(25-44-38-20-16-33-12-10-29-6-4-8-31-14-18-36(38)42(33)40(29)31)22-28(24-35)26-45-39-21-17-34-13-11-30-7-5-9-32-15-19-37(39)43(34)41(30)32/h4-24H,25-26H2,1-3H3. The number of rotatable bonds is 7. The molecule has 0 atom stereocenters. The Morgan fingerprint density at radius 2 is 0.783 bits per heavy atom. The van der Waals surface area contributed by atoms with Crippen LogP contribution in [0.4, 0.5) is 0 Å². The summed E-state index contributed by atoms with van der Waals surface area (Å²) < 4.78 is 13.3. The Bertz CT molecular complexity index is 2370. The minimum Gasteiger partial charge on any atom is -0.488 e. The van der Waals surface area contributed by atoms with Crippen molar-refractivity contribution < 1.29 is 9.47 Å². The lowest BCUT2D eigenvalue weighted by atomic mass is 9.94. The average Bonchev–Trinajstić information content (AvgIpc) is 3.08. The molecule has 0 aliphatic rings. The topological polar surface area (TPSA) is 18.5 Å². The van der Waals surface area contributed by atoms with E-state index in [-0.39, 0.29) is 0 Å². The Labute approximate surface area is 269 Å². The molecule has 3 heteroatoms. The summed E-state index contributed by atoms with van der Waals surface area (Å²) >= 11 is 0. The third kappa shape index (κ3) is 4.38. The molecule has 0 amide bonds. The van der Waals surface area contributed by atoms with Gasteiger partial charge in [-0.15, -0.1) is 0 Å². The van der Waals surface area contributed by atoms with Gasteiger partial charge >= 0.3 is 0 Å². The molecule has 9 aromatic carbocycles. The SMILES string of the molecule is C[Si](C)(C)c1cc(COc2ccc3ccc4cccc5ccc2c3c45)cc(COc2ccc3ccc4cccc5ccc2c3c45)c1. The number of hydrogen-bond acceptors (Lipinski definition) is 2. The van der Waals surface area contributed by atoms with Gasteiger partial charge in [-0.25, -0.2) is 0 Å². The minimum atomic E-state index is -1.60. The van der Waals surface area contributed by atoms with Gasteiger partial charge in [0.2, 0.25) is 0 Å². The van der Waals surface area contributed by atoms with Crippen LogP contribution in [0.2, 0.25) is 19.6 Å². The van der Waals surface area contributed by atoms with E-state index in [1.54, 1.807) is 0 Å². The van der Waals surface area contributed by atoms with Crippen molar-refractivity contribution in [2.45, 2.75) is 32.9 Å². The summed E-state index contributed by atoms with van der Waals surface area (Å²) in [5.74, 6) is 1.85. The quantitative estimate of drug-likeness (QED) is 0.132. The fourth-order valence-corrected chi connectivity index (χ4v) is 8.59. The van der Waals surface area contributed by atoms with E-state index in [0.29, 0.717) is 13.2 Å². The Hall–Kier alpha value is -5.12. The summed E-state index contributed by atoms with van der Waals surface area (Å²) in [4.78, 5) is 0. The van der Waals surface area contributed by atoms with Crippen LogP contribution in [0.15, 0.2) is 127 Å². The maximum Gasteiger partial charge on any atom is 0.127 e. The molecule has 0 bridgehead atoms. The molecule has 0 unspecified atom stereocenters. The van der Waals surface area contributed by atoms with Crippen molar-refractivity contribution in [3.63, 3.8) is 0 Å². The molecule has 9 rings (SSSR count). The molecule has 46 heavy (non-hydrogen) atoms. The fraction of sp³-hybridized carbons (Fsp3) is 0.116. The van der Waals surface area contributed by atoms with Gasteiger partial charge in [-0.3, -0.25) is 0 Å². The second kappa shape index (κ2) is 10.2. The van der Waals surface area contributed by atoms with Crippen molar-refractivity contribution in [1.82, 2.24) is 0 Å². The molecule has 0 radical (unpaired) electrons. The van der Waals surface area contributed by atoms with Crippen LogP contribution in [-0.4, -0.2) is 8.07 Å². The summed E-state index contributed by atoms with van der Waals surface area (Å²) in [5, 5.41) is 16.5. The van der Waals surface area contributed by atoms with Crippen molar-refractivity contribution >= 4 is 77.9 Å². The summed E-state index contributed by atoms with van der Waals surface area (Å²) in [6.07, 6.45) is 0. The van der Waals surface area contributed by atoms with Gasteiger partial charge in [-0.1, -0.05) is 122 Å². The van der Waals surface area contributed by atoms with Crippen LogP contribution in [0.25, 0.3) is 64.6 Å². The number of benzene rings is 9. The zero-order chi connectivity index (χ0) is 31.0. The molecule has 0 saturated carbocycles. The Kier molecular flexibility index (Phi) is 6.03. The molecule has 0 aliphatic heterocycles. The minimum absolute atomic E-state index is 0.508. The van der Waals surface area contributed by atoms with Crippen LogP contribution in [0.3, 0.4) is 0 Å². The monoisotopic (exact) mass is 610 g/mol. The van der Waals surface area contributed by atoms with Gasteiger partial charge in [0.05, 0.1) is 8.07 Å². The second-order valence-electron chi connectivity index (χ2n) is 13.7. The first-order valence-corrected chi connectivity index (χ1v) is 19.6. The number of ether oxygens (including phenoxy) is 2. The molecule has 222 valence electrons. The summed E-state index contributed by atoms with van der Waals surface area (Å²) in [7, 11) is -1.60. The Morgan fingerprint density at radius 1 is 0.413 bits per heavy atom. The highest BCUT2D eigenvalue weighted by atomic mass is 28.3. The van der Waals surface area contributed by atoms with E-state index in [2.05, 4.69) is 147 Å². The molecule has 0 N–H and O–H groups in total. The van der Waals surface area contributed by atoms with Crippen LogP contribution in [0.5, 0.6) is 11.5 Å². The normalized spacial score (nSPS) is 12.4. The predicted octanol–water partition coefficient (Wildman–Crippen LogP) is 11.2. The third-order valence-electron chi connectivity index (χ3n) is 9.68. The molecule has 0 spiro atoms. The van der Waals surface area contributed by atoms with Gasteiger partial charge in [0.25, 0.3) is 0 Å². The number of hydrogen-bond donors (Lipinski definition) is 0. The molecule has 0 heterocycles. The summed E-state index contributed by atoms with van der Waals surface area (Å²) in [6.45, 7) is 8.22. The van der Waals surface area contributed by atoms with Crippen LogP contribution in [-0.2, 0) is 13.2 Å². The fourth-order valence-electron chi connectivity index (χ4n) is 7.35. The Morgan fingerprint density at radius 3 is 1.20 bits per heavy atom. The van der Waals surface area contributed by atoms with Gasteiger partial charge in [0.1, 0.15) is 24.7 Å². The van der Waals surface area contributed by atoms with Crippen molar-refractivity contribution in [3.8, 4) is 11.5 Å². The molecule has 2 nitrogen and oxygen atoms in total. The molecular weight excluding hydrogens is 577 g/mol. The van der Waals surface area contributed by atoms with Crippen LogP contribution in [0.1, 0.15) is 11.1 Å². The zero-order valence-corrected chi connectivity index (χ0v) is 27.4. The second-order valence-corrected chi connectivity index (χ2v) is 18.8. The highest BCUT2D eigenvalue weighted by Gasteiger charge is 2.19. The van der Waals surface area contributed by atoms with E-state index < -0.39 is 8.07 Å². The molecule has 0 saturated heterocycles. The third-order valence-corrected chi connectivity index (χ3v) is 11.7. The van der Waals surface area contributed by atoms with Crippen LogP contribution in [0, 0.1) is 0 Å². The molecule has 0 fully saturated rings. The zero-order valence-electron chi connectivity index (χ0n) is 26.4. The van der Waals surface area contributed by atoms with Gasteiger partial charge in [-0.05, 0) is 84.5 Å². The van der Waals surface area contributed by atoms with Crippen molar-refractivity contribution in [1.29, 1.82) is 0 Å². The van der Waals surface area contributed by atoms with Crippen LogP contribution >= 0.6 is 0 Å². The first-order chi connectivity index (χ1) is 22.4. The largest absolute Gasteiger partial charge is 0.488 e. The van der Waals surface area contributed by atoms with Gasteiger partial charge in [0.15, 0.2) is 0 Å². The van der Waals surface area contributed by atoms with E-state index in [1.165, 1.54) is 80.9 Å². The van der Waals surface area contributed by atoms with Gasteiger partial charge in [-0.2, -0.15) is 0 Å². The van der Waals surface area contributed by atoms with Crippen molar-refractivity contribution in [2.75, 3.05) is 0 Å². The molecule has 0 aliphatic carbocycles. The van der Waals surface area contributed by atoms with Gasteiger partial charge in [0, 0.05) is 21.5 Å². The van der Waals surface area contributed by atoms with Crippen LogP contribution < -0.4 is 14.7 Å².